The Morgan fingerprint density at radius 1 is 1.07 bits per heavy atom. The van der Waals surface area contributed by atoms with Gasteiger partial charge in [-0.2, -0.15) is 0 Å². The Bertz CT molecular complexity index is 915. The van der Waals surface area contributed by atoms with Crippen LogP contribution in [0.3, 0.4) is 0 Å². The molecule has 0 bridgehead atoms. The number of aryl methyl sites for hydroxylation is 2. The van der Waals surface area contributed by atoms with E-state index in [1.165, 1.54) is 25.2 Å². The smallest absolute Gasteiger partial charge is 0.307 e. The largest absolute Gasteiger partial charge is 0.453 e. The molecule has 0 spiro atoms. The highest BCUT2D eigenvalue weighted by molar-refractivity contribution is 7.12. The van der Waals surface area contributed by atoms with Crippen molar-refractivity contribution in [3.05, 3.63) is 51.2 Å². The van der Waals surface area contributed by atoms with Crippen molar-refractivity contribution in [2.75, 3.05) is 5.32 Å². The van der Waals surface area contributed by atoms with E-state index >= 15 is 0 Å². The molecule has 7 heteroatoms. The van der Waals surface area contributed by atoms with Crippen LogP contribution in [0, 0.1) is 13.8 Å². The van der Waals surface area contributed by atoms with Crippen LogP contribution in [0.5, 0.6) is 0 Å². The summed E-state index contributed by atoms with van der Waals surface area (Å²) in [5.41, 5.74) is 1.37. The predicted octanol–water partition coefficient (Wildman–Crippen LogP) is 4.10. The summed E-state index contributed by atoms with van der Waals surface area (Å²) < 4.78 is 5.12. The summed E-state index contributed by atoms with van der Waals surface area (Å²) in [5.74, 6) is -1.47. The molecule has 0 saturated carbocycles. The Labute approximate surface area is 167 Å². The zero-order valence-corrected chi connectivity index (χ0v) is 17.1. The van der Waals surface area contributed by atoms with Gasteiger partial charge in [-0.05, 0) is 45.9 Å². The van der Waals surface area contributed by atoms with Gasteiger partial charge in [0.15, 0.2) is 17.7 Å². The van der Waals surface area contributed by atoms with E-state index in [9.17, 15) is 19.2 Å². The number of hydrogen-bond acceptors (Lipinski definition) is 6. The maximum atomic E-state index is 12.3. The highest BCUT2D eigenvalue weighted by Crippen LogP contribution is 2.22. The molecule has 1 aromatic heterocycles. The van der Waals surface area contributed by atoms with Gasteiger partial charge in [0.25, 0.3) is 5.91 Å². The number of rotatable bonds is 8. The number of thiophene rings is 1. The van der Waals surface area contributed by atoms with Gasteiger partial charge in [0.2, 0.25) is 0 Å². The molecule has 0 fully saturated rings. The summed E-state index contributed by atoms with van der Waals surface area (Å²) >= 11 is 1.54. The van der Waals surface area contributed by atoms with Crippen molar-refractivity contribution >= 4 is 40.5 Å². The number of benzene rings is 1. The van der Waals surface area contributed by atoms with Crippen LogP contribution in [0.25, 0.3) is 0 Å². The molecular weight excluding hydrogens is 378 g/mol. The van der Waals surface area contributed by atoms with Gasteiger partial charge in [0, 0.05) is 27.3 Å². The van der Waals surface area contributed by atoms with E-state index in [0.29, 0.717) is 16.8 Å². The summed E-state index contributed by atoms with van der Waals surface area (Å²) in [6.07, 6.45) is -1.13. The first-order chi connectivity index (χ1) is 13.2. The molecule has 28 heavy (non-hydrogen) atoms. The summed E-state index contributed by atoms with van der Waals surface area (Å²) in [7, 11) is 0. The number of ether oxygens (including phenoxy) is 1. The van der Waals surface area contributed by atoms with E-state index < -0.39 is 18.0 Å². The van der Waals surface area contributed by atoms with Crippen LogP contribution in [0.2, 0.25) is 0 Å². The molecule has 0 aliphatic carbocycles. The summed E-state index contributed by atoms with van der Waals surface area (Å²) in [6, 6.07) is 8.42. The van der Waals surface area contributed by atoms with Crippen LogP contribution in [0.1, 0.15) is 57.2 Å². The molecule has 148 valence electrons. The molecular formula is C21H23NO5S. The molecule has 6 nitrogen and oxygen atoms in total. The van der Waals surface area contributed by atoms with E-state index in [4.69, 9.17) is 4.74 Å². The third-order valence-electron chi connectivity index (χ3n) is 4.14. The average Bonchev–Trinajstić information content (AvgIpc) is 2.98. The van der Waals surface area contributed by atoms with Gasteiger partial charge in [-0.1, -0.05) is 12.1 Å². The molecule has 1 N–H and O–H groups in total. The van der Waals surface area contributed by atoms with Crippen LogP contribution < -0.4 is 5.32 Å². The fourth-order valence-electron chi connectivity index (χ4n) is 2.70. The van der Waals surface area contributed by atoms with E-state index in [2.05, 4.69) is 5.32 Å². The van der Waals surface area contributed by atoms with Gasteiger partial charge < -0.3 is 10.1 Å². The number of ketones is 2. The van der Waals surface area contributed by atoms with Crippen LogP contribution in [-0.4, -0.2) is 29.5 Å². The Morgan fingerprint density at radius 2 is 1.75 bits per heavy atom. The molecule has 0 aliphatic heterocycles. The number of Topliss-reactive ketones (excluding diaryl/α,β-unsaturated/α-hetero) is 2. The number of para-hydroxylation sites is 1. The first-order valence-corrected chi connectivity index (χ1v) is 9.71. The molecule has 2 aromatic rings. The predicted molar refractivity (Wildman–Crippen MR) is 108 cm³/mol. The molecule has 0 aliphatic rings. The molecule has 0 saturated heterocycles. The monoisotopic (exact) mass is 401 g/mol. The van der Waals surface area contributed by atoms with Gasteiger partial charge in [0.05, 0.1) is 12.1 Å². The van der Waals surface area contributed by atoms with Crippen molar-refractivity contribution in [3.8, 4) is 0 Å². The fraction of sp³-hybridized carbons (Fsp3) is 0.333. The van der Waals surface area contributed by atoms with Crippen molar-refractivity contribution in [2.24, 2.45) is 0 Å². The Hall–Kier alpha value is -2.80. The third-order valence-corrected chi connectivity index (χ3v) is 5.11. The minimum Gasteiger partial charge on any atom is -0.453 e. The van der Waals surface area contributed by atoms with E-state index in [1.54, 1.807) is 24.3 Å². The first-order valence-electron chi connectivity index (χ1n) is 8.89. The van der Waals surface area contributed by atoms with Crippen molar-refractivity contribution < 1.29 is 23.9 Å². The third kappa shape index (κ3) is 5.60. The number of carbonyl (C=O) groups excluding carboxylic acids is 4. The number of esters is 1. The molecule has 1 heterocycles. The topological polar surface area (TPSA) is 89.5 Å². The Kier molecular flexibility index (Phi) is 7.23. The Morgan fingerprint density at radius 3 is 2.36 bits per heavy atom. The van der Waals surface area contributed by atoms with Crippen molar-refractivity contribution in [1.29, 1.82) is 0 Å². The lowest BCUT2D eigenvalue weighted by Gasteiger charge is -2.15. The van der Waals surface area contributed by atoms with Crippen molar-refractivity contribution in [1.82, 2.24) is 0 Å². The van der Waals surface area contributed by atoms with Crippen molar-refractivity contribution in [3.63, 3.8) is 0 Å². The molecule has 0 unspecified atom stereocenters. The number of nitrogens with one attached hydrogen (secondary N) is 1. The van der Waals surface area contributed by atoms with Gasteiger partial charge in [-0.3, -0.25) is 19.2 Å². The second-order valence-electron chi connectivity index (χ2n) is 6.47. The average molecular weight is 401 g/mol. The van der Waals surface area contributed by atoms with Crippen molar-refractivity contribution in [2.45, 2.75) is 46.6 Å². The van der Waals surface area contributed by atoms with Crippen LogP contribution >= 0.6 is 11.3 Å². The highest BCUT2D eigenvalue weighted by atomic mass is 32.1. The van der Waals surface area contributed by atoms with E-state index in [0.717, 1.165) is 9.75 Å². The standard InChI is InChI=1S/C21H23NO5S/c1-12-11-17(15(4)28-12)19(24)9-10-20(25)27-14(3)21(26)22-18-8-6-5-7-16(18)13(2)23/h5-8,11,14H,9-10H2,1-4H3,(H,22,26)/t14-/m0/s1. The van der Waals surface area contributed by atoms with E-state index in [1.807, 2.05) is 19.9 Å². The second kappa shape index (κ2) is 9.41. The maximum Gasteiger partial charge on any atom is 0.307 e. The summed E-state index contributed by atoms with van der Waals surface area (Å²) in [5, 5.41) is 2.60. The lowest BCUT2D eigenvalue weighted by molar-refractivity contribution is -0.153. The minimum atomic E-state index is -1.05. The SMILES string of the molecule is CC(=O)c1ccccc1NC(=O)[C@H](C)OC(=O)CCC(=O)c1cc(C)sc1C. The molecule has 1 atom stereocenters. The van der Waals surface area contributed by atoms with Crippen LogP contribution in [0.15, 0.2) is 30.3 Å². The zero-order valence-electron chi connectivity index (χ0n) is 16.3. The molecule has 0 radical (unpaired) electrons. The number of hydrogen-bond donors (Lipinski definition) is 1. The quantitative estimate of drug-likeness (QED) is 0.531. The van der Waals surface area contributed by atoms with Crippen LogP contribution in [0.4, 0.5) is 5.69 Å². The summed E-state index contributed by atoms with van der Waals surface area (Å²) in [4.78, 5) is 50.1. The van der Waals surface area contributed by atoms with Gasteiger partial charge >= 0.3 is 5.97 Å². The zero-order chi connectivity index (χ0) is 20.8. The lowest BCUT2D eigenvalue weighted by Crippen LogP contribution is -2.30. The first kappa shape index (κ1) is 21.5. The summed E-state index contributed by atoms with van der Waals surface area (Å²) in [6.45, 7) is 6.64. The second-order valence-corrected chi connectivity index (χ2v) is 7.93. The van der Waals surface area contributed by atoms with Gasteiger partial charge in [-0.15, -0.1) is 11.3 Å². The normalized spacial score (nSPS) is 11.6. The molecule has 1 amide bonds. The van der Waals surface area contributed by atoms with E-state index in [-0.39, 0.29) is 24.4 Å². The van der Waals surface area contributed by atoms with Gasteiger partial charge in [0.1, 0.15) is 0 Å². The maximum absolute atomic E-state index is 12.3. The minimum absolute atomic E-state index is 0.0252. The Balaban J connectivity index is 1.88. The highest BCUT2D eigenvalue weighted by Gasteiger charge is 2.21. The number of carbonyl (C=O) groups is 4. The lowest BCUT2D eigenvalue weighted by atomic mass is 10.1. The van der Waals surface area contributed by atoms with Crippen LogP contribution in [-0.2, 0) is 14.3 Å². The molecule has 1 aromatic carbocycles. The molecule has 2 rings (SSSR count). The number of anilines is 1. The number of amides is 1. The van der Waals surface area contributed by atoms with Gasteiger partial charge in [-0.25, -0.2) is 0 Å². The fourth-order valence-corrected chi connectivity index (χ4v) is 3.64.